The Morgan fingerprint density at radius 2 is 2.05 bits per heavy atom. The molecule has 3 nitrogen and oxygen atoms in total. The lowest BCUT2D eigenvalue weighted by Crippen LogP contribution is -2.12. The summed E-state index contributed by atoms with van der Waals surface area (Å²) in [5.74, 6) is 0. The van der Waals surface area contributed by atoms with Gasteiger partial charge in [-0.25, -0.2) is 0 Å². The monoisotopic (exact) mass is 289 g/mol. The maximum Gasteiger partial charge on any atom is 0.416 e. The quantitative estimate of drug-likeness (QED) is 0.860. The van der Waals surface area contributed by atoms with Gasteiger partial charge in [0.15, 0.2) is 0 Å². The van der Waals surface area contributed by atoms with Crippen LogP contribution in [0.1, 0.15) is 16.8 Å². The van der Waals surface area contributed by atoms with Crippen LogP contribution in [0.2, 0.25) is 5.02 Å². The summed E-state index contributed by atoms with van der Waals surface area (Å²) < 4.78 is 40.1. The van der Waals surface area contributed by atoms with Crippen molar-refractivity contribution in [3.05, 3.63) is 46.2 Å². The van der Waals surface area contributed by atoms with E-state index in [1.165, 1.54) is 23.0 Å². The van der Waals surface area contributed by atoms with Gasteiger partial charge in [0.05, 0.1) is 22.8 Å². The number of anilines is 1. The first-order valence-electron chi connectivity index (χ1n) is 5.42. The standard InChI is InChI=1S/C12H11ClF3N3/c1-7-11(13)6-19(18-7)5-8-2-3-9(17)4-10(8)12(14,15)16/h2-4,6H,5,17H2,1H3. The molecule has 1 heterocycles. The third-order valence-electron chi connectivity index (χ3n) is 2.66. The van der Waals surface area contributed by atoms with Crippen LogP contribution in [0.5, 0.6) is 0 Å². The molecular weight excluding hydrogens is 279 g/mol. The molecule has 102 valence electrons. The van der Waals surface area contributed by atoms with Gasteiger partial charge >= 0.3 is 6.18 Å². The SMILES string of the molecule is Cc1nn(Cc2ccc(N)cc2C(F)(F)F)cc1Cl. The van der Waals surface area contributed by atoms with Gasteiger partial charge in [-0.15, -0.1) is 0 Å². The van der Waals surface area contributed by atoms with Crippen LogP contribution in [0.25, 0.3) is 0 Å². The first-order valence-corrected chi connectivity index (χ1v) is 5.80. The van der Waals surface area contributed by atoms with Crippen LogP contribution in [-0.4, -0.2) is 9.78 Å². The van der Waals surface area contributed by atoms with E-state index in [-0.39, 0.29) is 17.8 Å². The van der Waals surface area contributed by atoms with E-state index in [0.717, 1.165) is 6.07 Å². The van der Waals surface area contributed by atoms with Gasteiger partial charge < -0.3 is 5.73 Å². The van der Waals surface area contributed by atoms with Crippen LogP contribution < -0.4 is 5.73 Å². The number of rotatable bonds is 2. The van der Waals surface area contributed by atoms with E-state index in [1.54, 1.807) is 6.92 Å². The second kappa shape index (κ2) is 4.77. The summed E-state index contributed by atoms with van der Waals surface area (Å²) in [6.45, 7) is 1.68. The topological polar surface area (TPSA) is 43.8 Å². The van der Waals surface area contributed by atoms with Gasteiger partial charge in [0.1, 0.15) is 0 Å². The molecule has 0 aliphatic rings. The smallest absolute Gasteiger partial charge is 0.399 e. The summed E-state index contributed by atoms with van der Waals surface area (Å²) >= 11 is 5.82. The van der Waals surface area contributed by atoms with Gasteiger partial charge in [0, 0.05) is 11.9 Å². The molecule has 2 N–H and O–H groups in total. The first kappa shape index (κ1) is 13.7. The zero-order valence-corrected chi connectivity index (χ0v) is 10.8. The van der Waals surface area contributed by atoms with Gasteiger partial charge in [-0.05, 0) is 24.6 Å². The van der Waals surface area contributed by atoms with Crippen LogP contribution >= 0.6 is 11.6 Å². The molecule has 19 heavy (non-hydrogen) atoms. The molecule has 0 amide bonds. The van der Waals surface area contributed by atoms with Gasteiger partial charge in [-0.3, -0.25) is 4.68 Å². The number of hydrogen-bond acceptors (Lipinski definition) is 2. The molecule has 1 aromatic heterocycles. The molecule has 0 radical (unpaired) electrons. The largest absolute Gasteiger partial charge is 0.416 e. The maximum atomic E-state index is 12.9. The normalized spacial score (nSPS) is 11.8. The van der Waals surface area contributed by atoms with Crippen LogP contribution in [0.15, 0.2) is 24.4 Å². The van der Waals surface area contributed by atoms with Gasteiger partial charge in [-0.1, -0.05) is 17.7 Å². The van der Waals surface area contributed by atoms with E-state index in [9.17, 15) is 13.2 Å². The second-order valence-electron chi connectivity index (χ2n) is 4.17. The van der Waals surface area contributed by atoms with Crippen molar-refractivity contribution in [2.45, 2.75) is 19.6 Å². The Hall–Kier alpha value is -1.69. The highest BCUT2D eigenvalue weighted by Crippen LogP contribution is 2.33. The minimum Gasteiger partial charge on any atom is -0.399 e. The lowest BCUT2D eigenvalue weighted by Gasteiger charge is -2.13. The number of nitrogen functional groups attached to an aromatic ring is 1. The highest BCUT2D eigenvalue weighted by atomic mass is 35.5. The van der Waals surface area contributed by atoms with Crippen molar-refractivity contribution in [2.75, 3.05) is 5.73 Å². The van der Waals surface area contributed by atoms with Crippen molar-refractivity contribution >= 4 is 17.3 Å². The third kappa shape index (κ3) is 3.01. The molecule has 0 fully saturated rings. The van der Waals surface area contributed by atoms with Gasteiger partial charge in [0.25, 0.3) is 0 Å². The fourth-order valence-electron chi connectivity index (χ4n) is 1.74. The fraction of sp³-hybridized carbons (Fsp3) is 0.250. The van der Waals surface area contributed by atoms with E-state index in [0.29, 0.717) is 10.7 Å². The van der Waals surface area contributed by atoms with Crippen molar-refractivity contribution in [1.82, 2.24) is 9.78 Å². The average molecular weight is 290 g/mol. The second-order valence-corrected chi connectivity index (χ2v) is 4.58. The van der Waals surface area contributed by atoms with Crippen LogP contribution in [0, 0.1) is 6.92 Å². The Labute approximate surface area is 112 Å². The lowest BCUT2D eigenvalue weighted by molar-refractivity contribution is -0.138. The molecule has 0 saturated heterocycles. The van der Waals surface area contributed by atoms with E-state index in [2.05, 4.69) is 5.10 Å². The molecule has 7 heteroatoms. The van der Waals surface area contributed by atoms with E-state index in [4.69, 9.17) is 17.3 Å². The van der Waals surface area contributed by atoms with Crippen molar-refractivity contribution in [1.29, 1.82) is 0 Å². The lowest BCUT2D eigenvalue weighted by atomic mass is 10.1. The van der Waals surface area contributed by atoms with E-state index >= 15 is 0 Å². The van der Waals surface area contributed by atoms with Crippen LogP contribution in [0.4, 0.5) is 18.9 Å². The van der Waals surface area contributed by atoms with Crippen molar-refractivity contribution in [3.63, 3.8) is 0 Å². The predicted octanol–water partition coefficient (Wildman–Crippen LogP) is 3.49. The van der Waals surface area contributed by atoms with Crippen LogP contribution in [-0.2, 0) is 12.7 Å². The highest BCUT2D eigenvalue weighted by Gasteiger charge is 2.33. The summed E-state index contributed by atoms with van der Waals surface area (Å²) in [5.41, 5.74) is 5.40. The number of aryl methyl sites for hydroxylation is 1. The molecule has 2 rings (SSSR count). The number of benzene rings is 1. The number of nitrogens with zero attached hydrogens (tertiary/aromatic N) is 2. The predicted molar refractivity (Wildman–Crippen MR) is 66.9 cm³/mol. The average Bonchev–Trinajstić information content (AvgIpc) is 2.59. The van der Waals surface area contributed by atoms with Crippen molar-refractivity contribution in [2.24, 2.45) is 0 Å². The molecule has 0 bridgehead atoms. The molecule has 0 spiro atoms. The zero-order chi connectivity index (χ0) is 14.2. The van der Waals surface area contributed by atoms with Gasteiger partial charge in [-0.2, -0.15) is 18.3 Å². The summed E-state index contributed by atoms with van der Waals surface area (Å²) in [6, 6.07) is 3.71. The van der Waals surface area contributed by atoms with Crippen molar-refractivity contribution in [3.8, 4) is 0 Å². The van der Waals surface area contributed by atoms with Crippen molar-refractivity contribution < 1.29 is 13.2 Å². The van der Waals surface area contributed by atoms with E-state index < -0.39 is 11.7 Å². The highest BCUT2D eigenvalue weighted by molar-refractivity contribution is 6.31. The summed E-state index contributed by atoms with van der Waals surface area (Å²) in [6.07, 6.45) is -2.95. The Kier molecular flexibility index (Phi) is 3.45. The molecule has 1 aromatic carbocycles. The van der Waals surface area contributed by atoms with Crippen LogP contribution in [0.3, 0.4) is 0 Å². The fourth-order valence-corrected chi connectivity index (χ4v) is 1.90. The molecule has 0 unspecified atom stereocenters. The molecule has 0 atom stereocenters. The molecule has 2 aromatic rings. The number of nitrogens with two attached hydrogens (primary N) is 1. The number of halogens is 4. The summed E-state index contributed by atoms with van der Waals surface area (Å²) in [4.78, 5) is 0. The number of alkyl halides is 3. The minimum atomic E-state index is -4.45. The van der Waals surface area contributed by atoms with E-state index in [1.807, 2.05) is 0 Å². The molecular formula is C12H11ClF3N3. The number of aromatic nitrogens is 2. The Morgan fingerprint density at radius 1 is 1.37 bits per heavy atom. The zero-order valence-electron chi connectivity index (χ0n) is 10.0. The summed E-state index contributed by atoms with van der Waals surface area (Å²) in [7, 11) is 0. The Bertz CT molecular complexity index is 585. The first-order chi connectivity index (χ1) is 8.77. The molecule has 0 aliphatic carbocycles. The maximum absolute atomic E-state index is 12.9. The molecule has 0 aliphatic heterocycles. The third-order valence-corrected chi connectivity index (χ3v) is 3.03. The Balaban J connectivity index is 2.40. The minimum absolute atomic E-state index is 0.0112. The van der Waals surface area contributed by atoms with Gasteiger partial charge in [0.2, 0.25) is 0 Å². The summed E-state index contributed by atoms with van der Waals surface area (Å²) in [5, 5.41) is 4.46. The Morgan fingerprint density at radius 3 is 2.58 bits per heavy atom. The molecule has 0 saturated carbocycles. The number of hydrogen-bond donors (Lipinski definition) is 1.